The summed E-state index contributed by atoms with van der Waals surface area (Å²) in [4.78, 5) is 19.4. The number of rotatable bonds is 5. The van der Waals surface area contributed by atoms with Crippen LogP contribution in [0.2, 0.25) is 0 Å². The van der Waals surface area contributed by atoms with Crippen molar-refractivity contribution in [1.29, 1.82) is 5.26 Å². The largest absolute Gasteiger partial charge is 0.504 e. The van der Waals surface area contributed by atoms with Crippen LogP contribution in [0.4, 0.5) is 0 Å². The topological polar surface area (TPSA) is 99.0 Å². The quantitative estimate of drug-likeness (QED) is 0.460. The first-order valence-corrected chi connectivity index (χ1v) is 9.08. The van der Waals surface area contributed by atoms with E-state index >= 15 is 0 Å². The number of hydrogen-bond acceptors (Lipinski definition) is 5. The lowest BCUT2D eigenvalue weighted by Gasteiger charge is -2.10. The Labute approximate surface area is 169 Å². The molecule has 0 unspecified atom stereocenters. The Morgan fingerprint density at radius 2 is 2.21 bits per heavy atom. The predicted molar refractivity (Wildman–Crippen MR) is 112 cm³/mol. The number of benzene rings is 2. The summed E-state index contributed by atoms with van der Waals surface area (Å²) in [6.45, 7) is 3.68. The van der Waals surface area contributed by atoms with E-state index in [2.05, 4.69) is 38.5 Å². The number of aromatic hydroxyl groups is 1. The number of phenolic OH excluding ortho intramolecular Hbond substituents is 1. The molecule has 140 valence electrons. The molecule has 1 heterocycles. The van der Waals surface area contributed by atoms with Gasteiger partial charge in [0.15, 0.2) is 17.3 Å². The Hall–Kier alpha value is -3.37. The van der Waals surface area contributed by atoms with Gasteiger partial charge >= 0.3 is 0 Å². The van der Waals surface area contributed by atoms with Gasteiger partial charge in [0.05, 0.1) is 23.6 Å². The van der Waals surface area contributed by atoms with Gasteiger partial charge in [-0.3, -0.25) is 4.79 Å². The van der Waals surface area contributed by atoms with Gasteiger partial charge in [-0.25, -0.2) is 4.98 Å². The molecule has 7 heteroatoms. The molecule has 3 rings (SSSR count). The first-order chi connectivity index (χ1) is 13.5. The highest BCUT2D eigenvalue weighted by Crippen LogP contribution is 2.33. The minimum absolute atomic E-state index is 0.0286. The molecule has 2 aromatic carbocycles. The van der Waals surface area contributed by atoms with Crippen molar-refractivity contribution < 1.29 is 9.84 Å². The van der Waals surface area contributed by atoms with Crippen molar-refractivity contribution >= 4 is 38.5 Å². The zero-order valence-corrected chi connectivity index (χ0v) is 16.6. The smallest absolute Gasteiger partial charge is 0.259 e. The zero-order valence-electron chi connectivity index (χ0n) is 15.0. The molecular formula is C21H16BrN3O3. The molecule has 0 aliphatic carbocycles. The van der Waals surface area contributed by atoms with Gasteiger partial charge in [-0.15, -0.1) is 6.58 Å². The van der Waals surface area contributed by atoms with E-state index in [1.54, 1.807) is 42.5 Å². The molecule has 0 aliphatic rings. The van der Waals surface area contributed by atoms with Crippen LogP contribution in [0.25, 0.3) is 22.6 Å². The fraction of sp³-hybridized carbons (Fsp3) is 0.0952. The molecule has 0 saturated heterocycles. The Morgan fingerprint density at radius 3 is 2.89 bits per heavy atom. The first-order valence-electron chi connectivity index (χ1n) is 8.29. The maximum atomic E-state index is 12.4. The number of H-pyrrole nitrogens is 1. The van der Waals surface area contributed by atoms with Crippen molar-refractivity contribution in [1.82, 2.24) is 9.97 Å². The lowest BCUT2D eigenvalue weighted by atomic mass is 10.0. The van der Waals surface area contributed by atoms with Gasteiger partial charge in [0.25, 0.3) is 5.56 Å². The van der Waals surface area contributed by atoms with Crippen LogP contribution in [0.15, 0.2) is 52.3 Å². The van der Waals surface area contributed by atoms with Crippen molar-refractivity contribution in [3.63, 3.8) is 0 Å². The van der Waals surface area contributed by atoms with Crippen LogP contribution in [0.1, 0.15) is 17.0 Å². The van der Waals surface area contributed by atoms with Crippen molar-refractivity contribution in [3.05, 3.63) is 74.8 Å². The average Bonchev–Trinajstić information content (AvgIpc) is 2.68. The van der Waals surface area contributed by atoms with E-state index in [1.807, 2.05) is 0 Å². The highest BCUT2D eigenvalue weighted by molar-refractivity contribution is 9.10. The first kappa shape index (κ1) is 19.4. The molecule has 2 N–H and O–H groups in total. The second kappa shape index (κ2) is 8.11. The summed E-state index contributed by atoms with van der Waals surface area (Å²) in [5, 5.41) is 20.3. The minimum Gasteiger partial charge on any atom is -0.504 e. The van der Waals surface area contributed by atoms with E-state index in [1.165, 1.54) is 7.11 Å². The van der Waals surface area contributed by atoms with Crippen LogP contribution >= 0.6 is 15.9 Å². The fourth-order valence-electron chi connectivity index (χ4n) is 2.80. The molecule has 0 radical (unpaired) electrons. The van der Waals surface area contributed by atoms with E-state index in [-0.39, 0.29) is 28.5 Å². The highest BCUT2D eigenvalue weighted by Gasteiger charge is 2.12. The summed E-state index contributed by atoms with van der Waals surface area (Å²) in [6, 6.07) is 10.6. The Bertz CT molecular complexity index is 1210. The van der Waals surface area contributed by atoms with Gasteiger partial charge < -0.3 is 14.8 Å². The van der Waals surface area contributed by atoms with E-state index in [0.29, 0.717) is 28.5 Å². The number of nitriles is 1. The average molecular weight is 438 g/mol. The number of methoxy groups -OCH3 is 1. The van der Waals surface area contributed by atoms with Crippen molar-refractivity contribution in [2.24, 2.45) is 0 Å². The Morgan fingerprint density at radius 1 is 1.43 bits per heavy atom. The van der Waals surface area contributed by atoms with Gasteiger partial charge in [0.1, 0.15) is 6.07 Å². The third-order valence-electron chi connectivity index (χ3n) is 4.11. The van der Waals surface area contributed by atoms with Gasteiger partial charge in [-0.2, -0.15) is 5.26 Å². The molecule has 0 amide bonds. The number of allylic oxidation sites excluding steroid dienone is 2. The SMILES string of the molecule is C=CCc1cc(C=C(C#N)c2nc3ccc(Br)cc3c(=O)[nH]2)cc(OC)c1O. The molecule has 0 fully saturated rings. The second-order valence-corrected chi connectivity index (χ2v) is 6.89. The summed E-state index contributed by atoms with van der Waals surface area (Å²) in [5.74, 6) is 0.480. The predicted octanol–water partition coefficient (Wildman–Crippen LogP) is 4.19. The number of aromatic amines is 1. The Balaban J connectivity index is 2.15. The molecule has 0 aliphatic heterocycles. The highest BCUT2D eigenvalue weighted by atomic mass is 79.9. The third-order valence-corrected chi connectivity index (χ3v) is 4.61. The van der Waals surface area contributed by atoms with Crippen LogP contribution in [0.3, 0.4) is 0 Å². The molecule has 28 heavy (non-hydrogen) atoms. The molecule has 0 saturated carbocycles. The number of halogens is 1. The van der Waals surface area contributed by atoms with Crippen LogP contribution in [-0.4, -0.2) is 22.2 Å². The van der Waals surface area contributed by atoms with E-state index in [9.17, 15) is 15.2 Å². The lowest BCUT2D eigenvalue weighted by Crippen LogP contribution is -2.11. The number of hydrogen-bond donors (Lipinski definition) is 2. The molecule has 1 aromatic heterocycles. The number of aromatic nitrogens is 2. The molecule has 0 spiro atoms. The maximum Gasteiger partial charge on any atom is 0.259 e. The summed E-state index contributed by atoms with van der Waals surface area (Å²) in [6.07, 6.45) is 3.68. The van der Waals surface area contributed by atoms with E-state index in [0.717, 1.165) is 4.47 Å². The van der Waals surface area contributed by atoms with Crippen LogP contribution < -0.4 is 10.3 Å². The van der Waals surface area contributed by atoms with Gasteiger partial charge in [-0.1, -0.05) is 22.0 Å². The molecule has 0 atom stereocenters. The number of phenols is 1. The maximum absolute atomic E-state index is 12.4. The number of fused-ring (bicyclic) bond motifs is 1. The van der Waals surface area contributed by atoms with Crippen molar-refractivity contribution in [3.8, 4) is 17.6 Å². The van der Waals surface area contributed by atoms with E-state index < -0.39 is 0 Å². The fourth-order valence-corrected chi connectivity index (χ4v) is 3.16. The standard InChI is InChI=1S/C21H16BrN3O3/c1-3-4-13-7-12(9-18(28-2)19(13)26)8-14(11-23)20-24-17-6-5-15(22)10-16(17)21(27)25-20/h3,5-10,26H,1,4H2,2H3,(H,24,25,27). The number of nitrogens with one attached hydrogen (secondary N) is 1. The van der Waals surface area contributed by atoms with Crippen molar-refractivity contribution in [2.75, 3.05) is 7.11 Å². The van der Waals surface area contributed by atoms with Crippen LogP contribution in [0.5, 0.6) is 11.5 Å². The molecule has 3 aromatic rings. The summed E-state index contributed by atoms with van der Waals surface area (Å²) < 4.78 is 5.97. The van der Waals surface area contributed by atoms with Crippen LogP contribution in [0, 0.1) is 11.3 Å². The summed E-state index contributed by atoms with van der Waals surface area (Å²) >= 11 is 3.33. The van der Waals surface area contributed by atoms with Gasteiger partial charge in [-0.05, 0) is 48.4 Å². The second-order valence-electron chi connectivity index (χ2n) is 5.97. The molecule has 0 bridgehead atoms. The molecule has 6 nitrogen and oxygen atoms in total. The number of nitrogens with zero attached hydrogens (tertiary/aromatic N) is 2. The third kappa shape index (κ3) is 3.82. The van der Waals surface area contributed by atoms with Gasteiger partial charge in [0, 0.05) is 10.0 Å². The normalized spacial score (nSPS) is 11.2. The van der Waals surface area contributed by atoms with Gasteiger partial charge in [0.2, 0.25) is 0 Å². The minimum atomic E-state index is -0.335. The van der Waals surface area contributed by atoms with Crippen LogP contribution in [-0.2, 0) is 6.42 Å². The monoisotopic (exact) mass is 437 g/mol. The lowest BCUT2D eigenvalue weighted by molar-refractivity contribution is 0.371. The molecular weight excluding hydrogens is 422 g/mol. The zero-order chi connectivity index (χ0) is 20.3. The Kier molecular flexibility index (Phi) is 5.62. The number of ether oxygens (including phenoxy) is 1. The summed E-state index contributed by atoms with van der Waals surface area (Å²) in [7, 11) is 1.45. The van der Waals surface area contributed by atoms with Crippen molar-refractivity contribution in [2.45, 2.75) is 6.42 Å². The van der Waals surface area contributed by atoms with E-state index in [4.69, 9.17) is 4.74 Å². The summed E-state index contributed by atoms with van der Waals surface area (Å²) in [5.41, 5.74) is 1.57.